The van der Waals surface area contributed by atoms with E-state index >= 15 is 0 Å². The van der Waals surface area contributed by atoms with E-state index in [1.165, 1.54) is 0 Å². The number of aliphatic hydroxyl groups is 1. The van der Waals surface area contributed by atoms with Gasteiger partial charge in [-0.05, 0) is 30.5 Å². The van der Waals surface area contributed by atoms with Crippen LogP contribution in [0.1, 0.15) is 43.6 Å². The molecule has 0 spiro atoms. The lowest BCUT2D eigenvalue weighted by Gasteiger charge is -2.37. The van der Waals surface area contributed by atoms with Gasteiger partial charge < -0.3 is 10.2 Å². The summed E-state index contributed by atoms with van der Waals surface area (Å²) < 4.78 is 0. The average molecular weight is 269 g/mol. The Balaban J connectivity index is 2.33. The van der Waals surface area contributed by atoms with Crippen molar-refractivity contribution in [1.82, 2.24) is 0 Å². The monoisotopic (exact) mass is 268 g/mol. The number of rotatable bonds is 3. The average Bonchev–Trinajstić information content (AvgIpc) is 2.32. The fourth-order valence-electron chi connectivity index (χ4n) is 2.79. The minimum Gasteiger partial charge on any atom is -0.481 e. The first kappa shape index (κ1) is 13.4. The van der Waals surface area contributed by atoms with Crippen LogP contribution < -0.4 is 0 Å². The number of aliphatic carboxylic acids is 1. The lowest BCUT2D eigenvalue weighted by molar-refractivity contribution is -0.147. The van der Waals surface area contributed by atoms with E-state index in [9.17, 15) is 15.0 Å². The first-order chi connectivity index (χ1) is 8.53. The molecule has 1 saturated carbocycles. The number of halogens is 1. The van der Waals surface area contributed by atoms with Crippen molar-refractivity contribution < 1.29 is 15.0 Å². The molecule has 2 rings (SSSR count). The van der Waals surface area contributed by atoms with Crippen molar-refractivity contribution in [3.63, 3.8) is 0 Å². The smallest absolute Gasteiger partial charge is 0.313 e. The van der Waals surface area contributed by atoms with Crippen LogP contribution in [0, 0.1) is 0 Å². The largest absolute Gasteiger partial charge is 0.481 e. The van der Waals surface area contributed by atoms with E-state index in [1.807, 2.05) is 0 Å². The maximum atomic E-state index is 11.5. The third-order valence-corrected chi connectivity index (χ3v) is 3.96. The predicted molar refractivity (Wildman–Crippen MR) is 69.9 cm³/mol. The first-order valence-corrected chi connectivity index (χ1v) is 6.61. The Morgan fingerprint density at radius 1 is 1.17 bits per heavy atom. The summed E-state index contributed by atoms with van der Waals surface area (Å²) in [5.74, 6) is -1.84. The highest BCUT2D eigenvalue weighted by atomic mass is 35.5. The number of benzene rings is 1. The summed E-state index contributed by atoms with van der Waals surface area (Å²) in [5, 5.41) is 20.6. The van der Waals surface area contributed by atoms with Gasteiger partial charge in [-0.3, -0.25) is 4.79 Å². The first-order valence-electron chi connectivity index (χ1n) is 6.23. The van der Waals surface area contributed by atoms with Crippen molar-refractivity contribution in [1.29, 1.82) is 0 Å². The molecule has 4 heteroatoms. The van der Waals surface area contributed by atoms with Gasteiger partial charge in [-0.15, -0.1) is 0 Å². The van der Waals surface area contributed by atoms with Gasteiger partial charge in [-0.2, -0.15) is 0 Å². The number of carbonyl (C=O) groups is 1. The second-order valence-corrected chi connectivity index (χ2v) is 5.42. The highest BCUT2D eigenvalue weighted by Gasteiger charge is 2.43. The molecule has 0 bridgehead atoms. The third-order valence-electron chi connectivity index (χ3n) is 3.71. The fraction of sp³-hybridized carbons (Fsp3) is 0.500. The number of carboxylic acid groups (broad SMARTS) is 1. The molecular weight excluding hydrogens is 252 g/mol. The van der Waals surface area contributed by atoms with E-state index in [2.05, 4.69) is 0 Å². The van der Waals surface area contributed by atoms with Crippen molar-refractivity contribution in [3.05, 3.63) is 34.9 Å². The molecule has 1 aliphatic carbocycles. The molecule has 1 atom stereocenters. The van der Waals surface area contributed by atoms with Crippen LogP contribution in [0.3, 0.4) is 0 Å². The summed E-state index contributed by atoms with van der Waals surface area (Å²) in [5.41, 5.74) is -0.505. The van der Waals surface area contributed by atoms with Gasteiger partial charge in [-0.1, -0.05) is 43.0 Å². The van der Waals surface area contributed by atoms with E-state index < -0.39 is 17.5 Å². The molecule has 1 aromatic rings. The zero-order valence-corrected chi connectivity index (χ0v) is 10.9. The van der Waals surface area contributed by atoms with Crippen LogP contribution in [-0.4, -0.2) is 21.8 Å². The van der Waals surface area contributed by atoms with Gasteiger partial charge >= 0.3 is 5.97 Å². The van der Waals surface area contributed by atoms with Gasteiger partial charge in [0.05, 0.1) is 5.60 Å². The van der Waals surface area contributed by atoms with Gasteiger partial charge in [0.1, 0.15) is 5.92 Å². The molecule has 0 heterocycles. The van der Waals surface area contributed by atoms with Gasteiger partial charge in [0.2, 0.25) is 0 Å². The summed E-state index contributed by atoms with van der Waals surface area (Å²) in [7, 11) is 0. The van der Waals surface area contributed by atoms with Crippen LogP contribution in [0.25, 0.3) is 0 Å². The lowest BCUT2D eigenvalue weighted by Crippen LogP contribution is -2.42. The minimum absolute atomic E-state index is 0.548. The van der Waals surface area contributed by atoms with Crippen LogP contribution in [0.15, 0.2) is 24.3 Å². The maximum absolute atomic E-state index is 11.5. The van der Waals surface area contributed by atoms with E-state index in [0.29, 0.717) is 23.4 Å². The van der Waals surface area contributed by atoms with E-state index in [1.54, 1.807) is 24.3 Å². The Bertz CT molecular complexity index is 421. The number of hydrogen-bond acceptors (Lipinski definition) is 2. The van der Waals surface area contributed by atoms with Gasteiger partial charge in [-0.25, -0.2) is 0 Å². The Morgan fingerprint density at radius 2 is 1.72 bits per heavy atom. The molecule has 2 N–H and O–H groups in total. The van der Waals surface area contributed by atoms with Crippen LogP contribution in [0.4, 0.5) is 0 Å². The second-order valence-electron chi connectivity index (χ2n) is 4.99. The predicted octanol–water partition coefficient (Wildman–Crippen LogP) is 3.20. The van der Waals surface area contributed by atoms with E-state index in [4.69, 9.17) is 11.6 Å². The lowest BCUT2D eigenvalue weighted by atomic mass is 9.73. The SMILES string of the molecule is O=C(O)[C@@H](c1ccc(Cl)cc1)C1(O)CCCCC1. The Labute approximate surface area is 111 Å². The topological polar surface area (TPSA) is 57.5 Å². The molecule has 0 aliphatic heterocycles. The van der Waals surface area contributed by atoms with Gasteiger partial charge in [0.15, 0.2) is 0 Å². The molecule has 0 aromatic heterocycles. The number of carboxylic acids is 1. The highest BCUT2D eigenvalue weighted by molar-refractivity contribution is 6.30. The summed E-state index contributed by atoms with van der Waals surface area (Å²) in [4.78, 5) is 11.5. The molecule has 1 aromatic carbocycles. The zero-order valence-electron chi connectivity index (χ0n) is 10.1. The molecule has 1 fully saturated rings. The molecule has 3 nitrogen and oxygen atoms in total. The molecule has 18 heavy (non-hydrogen) atoms. The summed E-state index contributed by atoms with van der Waals surface area (Å²) in [6, 6.07) is 6.71. The van der Waals surface area contributed by atoms with Gasteiger partial charge in [0, 0.05) is 5.02 Å². The number of hydrogen-bond donors (Lipinski definition) is 2. The third kappa shape index (κ3) is 2.68. The molecule has 1 aliphatic rings. The molecule has 0 radical (unpaired) electrons. The maximum Gasteiger partial charge on any atom is 0.313 e. The molecule has 98 valence electrons. The van der Waals surface area contributed by atoms with Crippen molar-refractivity contribution >= 4 is 17.6 Å². The molecule has 0 amide bonds. The second kappa shape index (κ2) is 5.29. The fourth-order valence-corrected chi connectivity index (χ4v) is 2.92. The standard InChI is InChI=1S/C14H17ClO3/c15-11-6-4-10(5-7-11)12(13(16)17)14(18)8-2-1-3-9-14/h4-7,12,18H,1-3,8-9H2,(H,16,17)/t12-/m1/s1. The van der Waals surface area contributed by atoms with Crippen molar-refractivity contribution in [2.45, 2.75) is 43.6 Å². The van der Waals surface area contributed by atoms with Crippen LogP contribution in [0.5, 0.6) is 0 Å². The Kier molecular flexibility index (Phi) is 3.93. The summed E-state index contributed by atoms with van der Waals surface area (Å²) in [6.07, 6.45) is 3.93. The molecule has 0 saturated heterocycles. The van der Waals surface area contributed by atoms with E-state index in [0.717, 1.165) is 19.3 Å². The molecule has 0 unspecified atom stereocenters. The van der Waals surface area contributed by atoms with Gasteiger partial charge in [0.25, 0.3) is 0 Å². The Hall–Kier alpha value is -1.06. The van der Waals surface area contributed by atoms with E-state index in [-0.39, 0.29) is 0 Å². The highest BCUT2D eigenvalue weighted by Crippen LogP contribution is 2.40. The van der Waals surface area contributed by atoms with Crippen molar-refractivity contribution in [3.8, 4) is 0 Å². The quantitative estimate of drug-likeness (QED) is 0.885. The Morgan fingerprint density at radius 3 is 2.22 bits per heavy atom. The van der Waals surface area contributed by atoms with Crippen molar-refractivity contribution in [2.75, 3.05) is 0 Å². The van der Waals surface area contributed by atoms with Crippen LogP contribution in [0.2, 0.25) is 5.02 Å². The summed E-state index contributed by atoms with van der Waals surface area (Å²) in [6.45, 7) is 0. The van der Waals surface area contributed by atoms with Crippen LogP contribution >= 0.6 is 11.6 Å². The summed E-state index contributed by atoms with van der Waals surface area (Å²) >= 11 is 5.81. The molecular formula is C14H17ClO3. The minimum atomic E-state index is -1.13. The normalized spacial score (nSPS) is 20.3. The van der Waals surface area contributed by atoms with Crippen molar-refractivity contribution in [2.24, 2.45) is 0 Å². The van der Waals surface area contributed by atoms with Crippen LogP contribution in [-0.2, 0) is 4.79 Å². The zero-order chi connectivity index (χ0) is 13.2.